The lowest BCUT2D eigenvalue weighted by Gasteiger charge is -2.19. The number of hydrogen-bond donors (Lipinski definition) is 2. The van der Waals surface area contributed by atoms with Crippen LogP contribution in [-0.2, 0) is 10.0 Å². The molecule has 0 amide bonds. The molecule has 1 radical (unpaired) electrons. The predicted molar refractivity (Wildman–Crippen MR) is 87.5 cm³/mol. The average Bonchev–Trinajstić information content (AvgIpc) is 2.84. The van der Waals surface area contributed by atoms with Crippen molar-refractivity contribution in [2.24, 2.45) is 5.14 Å². The van der Waals surface area contributed by atoms with Gasteiger partial charge in [-0.25, -0.2) is 13.6 Å². The van der Waals surface area contributed by atoms with Gasteiger partial charge >= 0.3 is 0 Å². The van der Waals surface area contributed by atoms with Crippen molar-refractivity contribution < 1.29 is 13.3 Å². The van der Waals surface area contributed by atoms with Crippen LogP contribution >= 0.6 is 0 Å². The zero-order valence-corrected chi connectivity index (χ0v) is 14.0. The van der Waals surface area contributed by atoms with Gasteiger partial charge < -0.3 is 10.2 Å². The van der Waals surface area contributed by atoms with E-state index >= 15 is 0 Å². The van der Waals surface area contributed by atoms with E-state index in [1.54, 1.807) is 0 Å². The van der Waals surface area contributed by atoms with Gasteiger partial charge in [-0.2, -0.15) is 0 Å². The van der Waals surface area contributed by atoms with E-state index in [0.29, 0.717) is 5.69 Å². The van der Waals surface area contributed by atoms with Crippen molar-refractivity contribution in [1.29, 1.82) is 0 Å². The molecule has 1 aliphatic rings. The van der Waals surface area contributed by atoms with Gasteiger partial charge in [0.25, 0.3) is 5.69 Å². The predicted octanol–water partition coefficient (Wildman–Crippen LogP) is 1.34. The van der Waals surface area contributed by atoms with Gasteiger partial charge in [-0.3, -0.25) is 10.1 Å². The summed E-state index contributed by atoms with van der Waals surface area (Å²) in [6.07, 6.45) is 0.876. The molecule has 0 aliphatic carbocycles. The van der Waals surface area contributed by atoms with Crippen molar-refractivity contribution >= 4 is 21.4 Å². The summed E-state index contributed by atoms with van der Waals surface area (Å²) in [6, 6.07) is 3.77. The highest BCUT2D eigenvalue weighted by molar-refractivity contribution is 7.89. The van der Waals surface area contributed by atoms with E-state index in [1.807, 2.05) is 0 Å². The highest BCUT2D eigenvalue weighted by atomic mass is 32.2. The number of nitro groups is 1. The van der Waals surface area contributed by atoms with Gasteiger partial charge in [-0.1, -0.05) is 13.8 Å². The van der Waals surface area contributed by atoms with E-state index in [4.69, 9.17) is 5.14 Å². The molecule has 2 rings (SSSR count). The topological polar surface area (TPSA) is 119 Å². The highest BCUT2D eigenvalue weighted by Gasteiger charge is 2.26. The fourth-order valence-corrected chi connectivity index (χ4v) is 3.26. The summed E-state index contributed by atoms with van der Waals surface area (Å²) in [6.45, 7) is 6.75. The van der Waals surface area contributed by atoms with Crippen molar-refractivity contribution in [3.05, 3.63) is 34.2 Å². The lowest BCUT2D eigenvalue weighted by Crippen LogP contribution is -2.28. The SMILES string of the molecule is C[C](C)CN1CC[C@@H](Nc2ccc(S(N)(=O)=O)cc2[N+](=O)[O-])C1. The monoisotopic (exact) mass is 341 g/mol. The Morgan fingerprint density at radius 3 is 2.74 bits per heavy atom. The first kappa shape index (κ1) is 17.6. The molecule has 0 aromatic heterocycles. The zero-order valence-electron chi connectivity index (χ0n) is 13.2. The standard InChI is InChI=1S/C14H21N4O4S/c1-10(2)8-17-6-5-11(9-17)16-13-4-3-12(23(15,21)22)7-14(13)18(19)20/h3-4,7,11,16H,5-6,8-9H2,1-2H3,(H2,15,21,22)/t11-/m1/s1. The summed E-state index contributed by atoms with van der Waals surface area (Å²) in [5.41, 5.74) is 0.0275. The molecule has 0 bridgehead atoms. The molecule has 1 fully saturated rings. The van der Waals surface area contributed by atoms with Gasteiger partial charge in [-0.15, -0.1) is 0 Å². The number of nitro benzene ring substituents is 1. The molecule has 1 saturated heterocycles. The van der Waals surface area contributed by atoms with Crippen molar-refractivity contribution in [2.75, 3.05) is 25.0 Å². The van der Waals surface area contributed by atoms with Crippen LogP contribution in [0.3, 0.4) is 0 Å². The van der Waals surface area contributed by atoms with E-state index in [1.165, 1.54) is 18.1 Å². The number of nitrogens with zero attached hydrogens (tertiary/aromatic N) is 2. The molecule has 8 nitrogen and oxygen atoms in total. The molecule has 23 heavy (non-hydrogen) atoms. The first-order valence-corrected chi connectivity index (χ1v) is 8.80. The molecule has 1 heterocycles. The average molecular weight is 341 g/mol. The van der Waals surface area contributed by atoms with E-state index in [-0.39, 0.29) is 16.6 Å². The Hall–Kier alpha value is -1.71. The van der Waals surface area contributed by atoms with Gasteiger partial charge in [0.05, 0.1) is 9.82 Å². The van der Waals surface area contributed by atoms with Crippen molar-refractivity contribution in [2.45, 2.75) is 31.2 Å². The number of nitrogens with two attached hydrogens (primary N) is 1. The zero-order chi connectivity index (χ0) is 17.2. The summed E-state index contributed by atoms with van der Waals surface area (Å²) < 4.78 is 22.7. The second kappa shape index (κ2) is 6.81. The lowest BCUT2D eigenvalue weighted by molar-refractivity contribution is -0.384. The minimum absolute atomic E-state index is 0.0911. The van der Waals surface area contributed by atoms with Gasteiger partial charge in [0, 0.05) is 31.7 Å². The Labute approximate surface area is 135 Å². The second-order valence-electron chi connectivity index (χ2n) is 6.05. The summed E-state index contributed by atoms with van der Waals surface area (Å²) in [7, 11) is -3.97. The molecule has 0 spiro atoms. The van der Waals surface area contributed by atoms with Crippen molar-refractivity contribution in [3.8, 4) is 0 Å². The number of primary sulfonamides is 1. The Morgan fingerprint density at radius 2 is 2.17 bits per heavy atom. The third kappa shape index (κ3) is 4.63. The fourth-order valence-electron chi connectivity index (χ4n) is 2.72. The lowest BCUT2D eigenvalue weighted by atomic mass is 10.2. The van der Waals surface area contributed by atoms with Crippen LogP contribution in [0.4, 0.5) is 11.4 Å². The maximum absolute atomic E-state index is 11.3. The quantitative estimate of drug-likeness (QED) is 0.595. The van der Waals surface area contributed by atoms with Crippen LogP contribution in [0.25, 0.3) is 0 Å². The second-order valence-corrected chi connectivity index (χ2v) is 7.61. The van der Waals surface area contributed by atoms with Crippen molar-refractivity contribution in [3.63, 3.8) is 0 Å². The van der Waals surface area contributed by atoms with Crippen LogP contribution in [0.15, 0.2) is 23.1 Å². The molecule has 0 unspecified atom stereocenters. The maximum atomic E-state index is 11.3. The van der Waals surface area contributed by atoms with Crippen LogP contribution < -0.4 is 10.5 Å². The smallest absolute Gasteiger partial charge is 0.293 e. The minimum Gasteiger partial charge on any atom is -0.375 e. The number of hydrogen-bond acceptors (Lipinski definition) is 6. The molecular formula is C14H21N4O4S. The van der Waals surface area contributed by atoms with E-state index in [9.17, 15) is 18.5 Å². The largest absolute Gasteiger partial charge is 0.375 e. The van der Waals surface area contributed by atoms with Crippen LogP contribution in [0.5, 0.6) is 0 Å². The molecule has 127 valence electrons. The normalized spacial score (nSPS) is 19.2. The summed E-state index contributed by atoms with van der Waals surface area (Å²) in [5, 5.41) is 19.4. The molecule has 1 aromatic rings. The number of rotatable bonds is 6. The molecule has 0 saturated carbocycles. The Balaban J connectivity index is 2.16. The molecule has 1 aromatic carbocycles. The Morgan fingerprint density at radius 1 is 1.48 bits per heavy atom. The Bertz CT molecular complexity index is 690. The molecule has 1 atom stereocenters. The molecule has 1 aliphatic heterocycles. The van der Waals surface area contributed by atoms with E-state index < -0.39 is 14.9 Å². The maximum Gasteiger partial charge on any atom is 0.293 e. The van der Waals surface area contributed by atoms with E-state index in [0.717, 1.165) is 32.1 Å². The Kier molecular flexibility index (Phi) is 5.23. The number of anilines is 1. The first-order valence-electron chi connectivity index (χ1n) is 7.26. The van der Waals surface area contributed by atoms with Crippen LogP contribution in [0.1, 0.15) is 20.3 Å². The highest BCUT2D eigenvalue weighted by Crippen LogP contribution is 2.29. The van der Waals surface area contributed by atoms with Crippen LogP contribution in [-0.4, -0.2) is 43.9 Å². The fraction of sp³-hybridized carbons (Fsp3) is 0.500. The minimum atomic E-state index is -3.97. The number of likely N-dealkylation sites (tertiary alicyclic amines) is 1. The third-order valence-corrected chi connectivity index (χ3v) is 4.58. The van der Waals surface area contributed by atoms with Gasteiger partial charge in [-0.05, 0) is 24.5 Å². The van der Waals surface area contributed by atoms with Gasteiger partial charge in [0.2, 0.25) is 10.0 Å². The summed E-state index contributed by atoms with van der Waals surface area (Å²) in [4.78, 5) is 12.6. The van der Waals surface area contributed by atoms with Crippen LogP contribution in [0.2, 0.25) is 0 Å². The van der Waals surface area contributed by atoms with E-state index in [2.05, 4.69) is 24.1 Å². The molecule has 9 heteroatoms. The van der Waals surface area contributed by atoms with Gasteiger partial charge in [0.1, 0.15) is 5.69 Å². The number of sulfonamides is 1. The summed E-state index contributed by atoms with van der Waals surface area (Å²) in [5.74, 6) is 1.31. The first-order chi connectivity index (χ1) is 10.7. The molecule has 3 N–H and O–H groups in total. The third-order valence-electron chi connectivity index (χ3n) is 3.67. The van der Waals surface area contributed by atoms with Crippen LogP contribution in [0, 0.1) is 16.0 Å². The van der Waals surface area contributed by atoms with Crippen molar-refractivity contribution in [1.82, 2.24) is 4.90 Å². The summed E-state index contributed by atoms with van der Waals surface area (Å²) >= 11 is 0. The molecular weight excluding hydrogens is 320 g/mol. The number of nitrogens with one attached hydrogen (secondary N) is 1. The number of benzene rings is 1. The van der Waals surface area contributed by atoms with Gasteiger partial charge in [0.15, 0.2) is 0 Å².